The largest absolute Gasteiger partial charge is 0.381 e. The molecule has 3 aliphatic heterocycles. The van der Waals surface area contributed by atoms with Crippen LogP contribution in [0.3, 0.4) is 0 Å². The Morgan fingerprint density at radius 3 is 2.38 bits per heavy atom. The Labute approximate surface area is 266 Å². The third kappa shape index (κ3) is 6.39. The maximum Gasteiger partial charge on any atom is 0.256 e. The molecule has 0 spiro atoms. The summed E-state index contributed by atoms with van der Waals surface area (Å²) in [5.74, 6) is 0.361. The first-order valence-electron chi connectivity index (χ1n) is 16.7. The Bertz CT molecular complexity index is 1560. The highest BCUT2D eigenvalue weighted by atomic mass is 19.1. The van der Waals surface area contributed by atoms with Gasteiger partial charge in [-0.3, -0.25) is 14.6 Å². The molecular weight excluding hydrogens is 569 g/mol. The number of hydrogen-bond acceptors (Lipinski definition) is 5. The van der Waals surface area contributed by atoms with Crippen molar-refractivity contribution in [2.75, 3.05) is 32.7 Å². The van der Waals surface area contributed by atoms with Crippen LogP contribution in [0, 0.1) is 24.6 Å². The number of likely N-dealkylation sites (tertiary alicyclic amines) is 3. The van der Waals surface area contributed by atoms with Crippen molar-refractivity contribution < 1.29 is 19.1 Å². The van der Waals surface area contributed by atoms with Crippen LogP contribution in [0.25, 0.3) is 16.6 Å². The highest BCUT2D eigenvalue weighted by Gasteiger charge is 2.35. The van der Waals surface area contributed by atoms with E-state index in [0.717, 1.165) is 74.6 Å². The number of halogens is 1. The third-order valence-corrected chi connectivity index (χ3v) is 10.4. The first-order chi connectivity index (χ1) is 21.4. The second kappa shape index (κ2) is 12.5. The van der Waals surface area contributed by atoms with E-state index < -0.39 is 11.4 Å². The SMILES string of the molecule is Cc1cncc2c1c(C[C@@H]1CCN(CC3CCN(C(=O)C(C)(C)O)CC3)C1)cn2-c1ccc(F)cc1C(=O)N1[C@H](C)CC[C@@H]1C. The van der Waals surface area contributed by atoms with E-state index in [-0.39, 0.29) is 23.9 Å². The van der Waals surface area contributed by atoms with Gasteiger partial charge in [0.05, 0.1) is 23.0 Å². The van der Waals surface area contributed by atoms with E-state index in [0.29, 0.717) is 36.2 Å². The minimum absolute atomic E-state index is 0.118. The maximum atomic E-state index is 14.6. The molecule has 3 aliphatic rings. The van der Waals surface area contributed by atoms with Gasteiger partial charge in [-0.2, -0.15) is 0 Å². The Balaban J connectivity index is 1.19. The maximum absolute atomic E-state index is 14.6. The molecule has 1 N–H and O–H groups in total. The number of carbonyl (C=O) groups excluding carboxylic acids is 2. The Kier molecular flexibility index (Phi) is 8.78. The molecule has 242 valence electrons. The number of aromatic nitrogens is 2. The summed E-state index contributed by atoms with van der Waals surface area (Å²) in [5.41, 5.74) is 3.05. The Morgan fingerprint density at radius 1 is 1.00 bits per heavy atom. The van der Waals surface area contributed by atoms with Gasteiger partial charge in [-0.25, -0.2) is 4.39 Å². The minimum Gasteiger partial charge on any atom is -0.381 e. The monoisotopic (exact) mass is 617 g/mol. The second-order valence-electron chi connectivity index (χ2n) is 14.4. The molecule has 0 aliphatic carbocycles. The number of nitrogens with zero attached hydrogens (tertiary/aromatic N) is 5. The molecule has 5 heterocycles. The number of fused-ring (bicyclic) bond motifs is 1. The highest BCUT2D eigenvalue weighted by molar-refractivity contribution is 5.99. The quantitative estimate of drug-likeness (QED) is 0.386. The Morgan fingerprint density at radius 2 is 1.69 bits per heavy atom. The zero-order valence-electron chi connectivity index (χ0n) is 27.4. The fourth-order valence-corrected chi connectivity index (χ4v) is 8.05. The van der Waals surface area contributed by atoms with Gasteiger partial charge in [0.2, 0.25) is 0 Å². The average Bonchev–Trinajstić information content (AvgIpc) is 3.70. The number of amides is 2. The van der Waals surface area contributed by atoms with E-state index in [2.05, 4.69) is 41.4 Å². The first-order valence-corrected chi connectivity index (χ1v) is 16.7. The fourth-order valence-electron chi connectivity index (χ4n) is 8.05. The van der Waals surface area contributed by atoms with Crippen molar-refractivity contribution in [3.8, 4) is 5.69 Å². The topological polar surface area (TPSA) is 81.9 Å². The average molecular weight is 618 g/mol. The van der Waals surface area contributed by atoms with Crippen molar-refractivity contribution in [1.29, 1.82) is 0 Å². The minimum atomic E-state index is -1.31. The van der Waals surface area contributed by atoms with Crippen LogP contribution in [0.4, 0.5) is 4.39 Å². The number of aliphatic hydroxyl groups is 1. The zero-order chi connectivity index (χ0) is 32.0. The molecule has 6 rings (SSSR count). The van der Waals surface area contributed by atoms with Crippen LogP contribution in [0.15, 0.2) is 36.8 Å². The molecule has 8 nitrogen and oxygen atoms in total. The van der Waals surface area contributed by atoms with Crippen LogP contribution in [-0.4, -0.2) is 91.6 Å². The van der Waals surface area contributed by atoms with Gasteiger partial charge >= 0.3 is 0 Å². The summed E-state index contributed by atoms with van der Waals surface area (Å²) in [4.78, 5) is 37.2. The van der Waals surface area contributed by atoms with Crippen LogP contribution >= 0.6 is 0 Å². The second-order valence-corrected chi connectivity index (χ2v) is 14.4. The van der Waals surface area contributed by atoms with Crippen molar-refractivity contribution in [2.45, 2.75) is 90.8 Å². The predicted molar refractivity (Wildman–Crippen MR) is 174 cm³/mol. The number of aryl methyl sites for hydroxylation is 1. The lowest BCUT2D eigenvalue weighted by molar-refractivity contribution is -0.149. The Hall–Kier alpha value is -3.30. The molecule has 0 unspecified atom stereocenters. The normalized spacial score (nSPS) is 23.4. The van der Waals surface area contributed by atoms with Gasteiger partial charge in [0, 0.05) is 56.0 Å². The number of carbonyl (C=O) groups is 2. The van der Waals surface area contributed by atoms with Gasteiger partial charge in [-0.1, -0.05) is 0 Å². The standard InChI is InChI=1S/C36H48FN5O3/c1-23-18-38-19-32-33(23)28(16-27-10-13-39(21-27)20-26-11-14-40(15-12-26)35(44)36(4,5)45)22-41(32)31-9-8-29(37)17-30(31)34(43)42-24(2)6-7-25(42)3/h8-9,17-19,22,24-27,45H,6-7,10-16,20-21H2,1-5H3/t24-,25+,27-/m0/s1. The summed E-state index contributed by atoms with van der Waals surface area (Å²) >= 11 is 0. The molecule has 0 radical (unpaired) electrons. The number of benzene rings is 1. The van der Waals surface area contributed by atoms with Gasteiger partial charge in [0.25, 0.3) is 11.8 Å². The number of hydrogen-bond donors (Lipinski definition) is 1. The van der Waals surface area contributed by atoms with Crippen molar-refractivity contribution in [1.82, 2.24) is 24.3 Å². The molecule has 3 aromatic rings. The van der Waals surface area contributed by atoms with E-state index in [1.54, 1.807) is 19.9 Å². The van der Waals surface area contributed by atoms with E-state index in [9.17, 15) is 19.1 Å². The van der Waals surface area contributed by atoms with Gasteiger partial charge in [0.1, 0.15) is 11.4 Å². The van der Waals surface area contributed by atoms with Crippen molar-refractivity contribution >= 4 is 22.7 Å². The summed E-state index contributed by atoms with van der Waals surface area (Å²) in [7, 11) is 0. The van der Waals surface area contributed by atoms with Crippen molar-refractivity contribution in [3.05, 3.63) is 59.3 Å². The van der Waals surface area contributed by atoms with E-state index in [4.69, 9.17) is 0 Å². The summed E-state index contributed by atoms with van der Waals surface area (Å²) < 4.78 is 16.7. The van der Waals surface area contributed by atoms with Crippen LogP contribution in [0.2, 0.25) is 0 Å². The molecule has 3 fully saturated rings. The first kappa shape index (κ1) is 31.7. The molecule has 9 heteroatoms. The molecule has 45 heavy (non-hydrogen) atoms. The van der Waals surface area contributed by atoms with E-state index in [1.807, 2.05) is 22.2 Å². The third-order valence-electron chi connectivity index (χ3n) is 10.4. The van der Waals surface area contributed by atoms with Crippen LogP contribution in [0.5, 0.6) is 0 Å². The summed E-state index contributed by atoms with van der Waals surface area (Å²) in [6.45, 7) is 13.9. The van der Waals surface area contributed by atoms with Gasteiger partial charge in [-0.15, -0.1) is 0 Å². The molecule has 1 aromatic carbocycles. The smallest absolute Gasteiger partial charge is 0.256 e. The summed E-state index contributed by atoms with van der Waals surface area (Å²) in [6.07, 6.45) is 11.8. The number of rotatable bonds is 7. The molecule has 2 amide bonds. The number of piperidine rings is 1. The lowest BCUT2D eigenvalue weighted by Crippen LogP contribution is -2.49. The van der Waals surface area contributed by atoms with Crippen LogP contribution < -0.4 is 0 Å². The predicted octanol–water partition coefficient (Wildman–Crippen LogP) is 5.36. The number of pyridine rings is 1. The van der Waals surface area contributed by atoms with Gasteiger partial charge < -0.3 is 24.4 Å². The summed E-state index contributed by atoms with van der Waals surface area (Å²) in [5, 5.41) is 11.3. The van der Waals surface area contributed by atoms with Crippen LogP contribution in [-0.2, 0) is 11.2 Å². The molecule has 0 saturated carbocycles. The van der Waals surface area contributed by atoms with E-state index >= 15 is 0 Å². The lowest BCUT2D eigenvalue weighted by Gasteiger charge is -2.36. The van der Waals surface area contributed by atoms with Gasteiger partial charge in [-0.05, 0) is 121 Å². The lowest BCUT2D eigenvalue weighted by atomic mass is 9.94. The molecule has 3 saturated heterocycles. The van der Waals surface area contributed by atoms with Gasteiger partial charge in [0.15, 0.2) is 0 Å². The molecule has 3 atom stereocenters. The van der Waals surface area contributed by atoms with E-state index in [1.165, 1.54) is 17.7 Å². The molecular formula is C36H48FN5O3. The van der Waals surface area contributed by atoms with Crippen molar-refractivity contribution in [2.24, 2.45) is 11.8 Å². The van der Waals surface area contributed by atoms with Crippen molar-refractivity contribution in [3.63, 3.8) is 0 Å². The highest BCUT2D eigenvalue weighted by Crippen LogP contribution is 2.34. The molecule has 2 aromatic heterocycles. The molecule has 0 bridgehead atoms. The fraction of sp³-hybridized carbons (Fsp3) is 0.583. The van der Waals surface area contributed by atoms with Crippen LogP contribution in [0.1, 0.15) is 81.3 Å². The zero-order valence-corrected chi connectivity index (χ0v) is 27.4. The summed E-state index contributed by atoms with van der Waals surface area (Å²) in [6, 6.07) is 4.81.